The third-order valence-corrected chi connectivity index (χ3v) is 3.33. The molecule has 88 valence electrons. The lowest BCUT2D eigenvalue weighted by molar-refractivity contribution is 0.481. The maximum absolute atomic E-state index is 5.90. The zero-order valence-corrected chi connectivity index (χ0v) is 11.6. The summed E-state index contributed by atoms with van der Waals surface area (Å²) in [6.07, 6.45) is 3.25. The van der Waals surface area contributed by atoms with Crippen molar-refractivity contribution >= 4 is 44.8 Å². The fourth-order valence-corrected chi connectivity index (χ4v) is 1.85. The normalized spacial score (nSPS) is 10.3. The van der Waals surface area contributed by atoms with Crippen LogP contribution in [0.4, 0.5) is 5.69 Å². The van der Waals surface area contributed by atoms with Crippen LogP contribution in [0.15, 0.2) is 35.1 Å². The van der Waals surface area contributed by atoms with Gasteiger partial charge >= 0.3 is 0 Å². The lowest BCUT2D eigenvalue weighted by Gasteiger charge is -2.10. The Balaban J connectivity index is 2.37. The highest BCUT2D eigenvalue weighted by Gasteiger charge is 2.09. The van der Waals surface area contributed by atoms with E-state index in [1.165, 1.54) is 0 Å². The summed E-state index contributed by atoms with van der Waals surface area (Å²) in [6.45, 7) is 0. The van der Waals surface area contributed by atoms with Crippen LogP contribution in [0.3, 0.4) is 0 Å². The van der Waals surface area contributed by atoms with Gasteiger partial charge in [-0.3, -0.25) is 4.98 Å². The van der Waals surface area contributed by atoms with Crippen molar-refractivity contribution in [3.63, 3.8) is 0 Å². The fourth-order valence-electron chi connectivity index (χ4n) is 1.20. The number of nitrogens with two attached hydrogens (primary N) is 1. The van der Waals surface area contributed by atoms with E-state index in [-0.39, 0.29) is 0 Å². The third kappa shape index (κ3) is 2.83. The molecular weight excluding hydrogens is 327 g/mol. The average Bonchev–Trinajstić information content (AvgIpc) is 2.29. The molecule has 0 aliphatic rings. The third-order valence-electron chi connectivity index (χ3n) is 2.01. The maximum atomic E-state index is 5.90. The Morgan fingerprint density at radius 1 is 1.18 bits per heavy atom. The zero-order chi connectivity index (χ0) is 12.4. The van der Waals surface area contributed by atoms with Crippen LogP contribution in [0.2, 0.25) is 10.0 Å². The van der Waals surface area contributed by atoms with Gasteiger partial charge in [0.15, 0.2) is 5.75 Å². The molecule has 0 unspecified atom stereocenters. The Hall–Kier alpha value is -0.970. The smallest absolute Gasteiger partial charge is 0.151 e. The molecule has 0 spiro atoms. The van der Waals surface area contributed by atoms with Gasteiger partial charge in [0, 0.05) is 24.5 Å². The van der Waals surface area contributed by atoms with Crippen LogP contribution >= 0.6 is 39.1 Å². The number of aromatic nitrogens is 1. The molecule has 0 aliphatic carbocycles. The molecule has 0 atom stereocenters. The molecular formula is C11H7BrCl2N2O. The average molecular weight is 334 g/mol. The van der Waals surface area contributed by atoms with Crippen LogP contribution in [0.25, 0.3) is 0 Å². The van der Waals surface area contributed by atoms with Gasteiger partial charge in [-0.15, -0.1) is 0 Å². The molecule has 0 amide bonds. The molecule has 1 aromatic carbocycles. The molecule has 0 saturated carbocycles. The van der Waals surface area contributed by atoms with Gasteiger partial charge in [0.05, 0.1) is 20.2 Å². The van der Waals surface area contributed by atoms with E-state index in [1.807, 2.05) is 0 Å². The number of anilines is 1. The minimum atomic E-state index is 0.390. The van der Waals surface area contributed by atoms with Gasteiger partial charge < -0.3 is 10.5 Å². The second kappa shape index (κ2) is 5.12. The monoisotopic (exact) mass is 332 g/mol. The first-order valence-electron chi connectivity index (χ1n) is 4.60. The van der Waals surface area contributed by atoms with Crippen molar-refractivity contribution in [1.82, 2.24) is 4.98 Å². The van der Waals surface area contributed by atoms with E-state index < -0.39 is 0 Å². The van der Waals surface area contributed by atoms with Crippen molar-refractivity contribution in [3.05, 3.63) is 45.1 Å². The Labute approximate surface area is 117 Å². The minimum absolute atomic E-state index is 0.390. The molecule has 1 aromatic heterocycles. The van der Waals surface area contributed by atoms with Gasteiger partial charge in [-0.1, -0.05) is 23.2 Å². The Morgan fingerprint density at radius 2 is 1.88 bits per heavy atom. The highest BCUT2D eigenvalue weighted by molar-refractivity contribution is 9.10. The number of benzene rings is 1. The number of pyridine rings is 1. The number of hydrogen-bond donors (Lipinski definition) is 1. The van der Waals surface area contributed by atoms with Crippen molar-refractivity contribution in [2.75, 3.05) is 5.73 Å². The summed E-state index contributed by atoms with van der Waals surface area (Å²) in [6, 6.07) is 4.84. The molecule has 17 heavy (non-hydrogen) atoms. The van der Waals surface area contributed by atoms with Crippen LogP contribution < -0.4 is 10.5 Å². The van der Waals surface area contributed by atoms with E-state index in [1.54, 1.807) is 30.6 Å². The van der Waals surface area contributed by atoms with E-state index in [0.29, 0.717) is 27.2 Å². The van der Waals surface area contributed by atoms with Gasteiger partial charge in [-0.2, -0.15) is 0 Å². The predicted molar refractivity (Wildman–Crippen MR) is 72.9 cm³/mol. The summed E-state index contributed by atoms with van der Waals surface area (Å²) in [5.74, 6) is 1.05. The molecule has 2 N–H and O–H groups in total. The number of rotatable bonds is 2. The number of hydrogen-bond acceptors (Lipinski definition) is 3. The van der Waals surface area contributed by atoms with Crippen molar-refractivity contribution in [2.24, 2.45) is 0 Å². The molecule has 3 nitrogen and oxygen atoms in total. The van der Waals surface area contributed by atoms with Crippen LogP contribution in [-0.4, -0.2) is 4.98 Å². The summed E-state index contributed by atoms with van der Waals surface area (Å²) in [7, 11) is 0. The van der Waals surface area contributed by atoms with Crippen molar-refractivity contribution < 1.29 is 4.74 Å². The Morgan fingerprint density at radius 3 is 2.59 bits per heavy atom. The van der Waals surface area contributed by atoms with Crippen LogP contribution in [0.5, 0.6) is 11.5 Å². The van der Waals surface area contributed by atoms with Gasteiger partial charge in [-0.25, -0.2) is 0 Å². The van der Waals surface area contributed by atoms with E-state index in [4.69, 9.17) is 33.7 Å². The molecule has 2 aromatic rings. The largest absolute Gasteiger partial charge is 0.454 e. The lowest BCUT2D eigenvalue weighted by atomic mass is 10.3. The molecule has 6 heteroatoms. The van der Waals surface area contributed by atoms with Crippen LogP contribution in [-0.2, 0) is 0 Å². The first kappa shape index (κ1) is 12.5. The second-order valence-electron chi connectivity index (χ2n) is 3.21. The van der Waals surface area contributed by atoms with Crippen LogP contribution in [0.1, 0.15) is 0 Å². The topological polar surface area (TPSA) is 48.1 Å². The standard InChI is InChI=1S/C11H7BrCl2N2O/c12-6-5-16-2-1-10(6)17-11-4-8(14)7(13)3-9(11)15/h1-5H,15H2. The Kier molecular flexibility index (Phi) is 3.76. The summed E-state index contributed by atoms with van der Waals surface area (Å²) < 4.78 is 6.35. The van der Waals surface area contributed by atoms with Gasteiger partial charge in [0.25, 0.3) is 0 Å². The summed E-state index contributed by atoms with van der Waals surface area (Å²) in [5.41, 5.74) is 6.21. The maximum Gasteiger partial charge on any atom is 0.151 e. The van der Waals surface area contributed by atoms with Gasteiger partial charge in [0.2, 0.25) is 0 Å². The molecule has 0 bridgehead atoms. The van der Waals surface area contributed by atoms with E-state index in [9.17, 15) is 0 Å². The molecule has 2 rings (SSSR count). The molecule has 0 aliphatic heterocycles. The highest BCUT2D eigenvalue weighted by Crippen LogP contribution is 2.36. The highest BCUT2D eigenvalue weighted by atomic mass is 79.9. The summed E-state index contributed by atoms with van der Waals surface area (Å²) in [4.78, 5) is 3.94. The number of nitrogens with zero attached hydrogens (tertiary/aromatic N) is 1. The number of halogens is 3. The van der Waals surface area contributed by atoms with Gasteiger partial charge in [-0.05, 0) is 22.0 Å². The van der Waals surface area contributed by atoms with E-state index >= 15 is 0 Å². The minimum Gasteiger partial charge on any atom is -0.454 e. The SMILES string of the molecule is Nc1cc(Cl)c(Cl)cc1Oc1ccncc1Br. The van der Waals surface area contributed by atoms with Crippen molar-refractivity contribution in [1.29, 1.82) is 0 Å². The van der Waals surface area contributed by atoms with E-state index in [2.05, 4.69) is 20.9 Å². The van der Waals surface area contributed by atoms with Crippen LogP contribution in [0, 0.1) is 0 Å². The fraction of sp³-hybridized carbons (Fsp3) is 0. The predicted octanol–water partition coefficient (Wildman–Crippen LogP) is 4.53. The second-order valence-corrected chi connectivity index (χ2v) is 4.88. The van der Waals surface area contributed by atoms with Crippen molar-refractivity contribution in [3.8, 4) is 11.5 Å². The Bertz CT molecular complexity index is 563. The molecule has 1 heterocycles. The first-order valence-corrected chi connectivity index (χ1v) is 6.14. The number of ether oxygens (including phenoxy) is 1. The van der Waals surface area contributed by atoms with Gasteiger partial charge in [0.1, 0.15) is 5.75 Å². The molecule has 0 saturated heterocycles. The quantitative estimate of drug-likeness (QED) is 0.821. The van der Waals surface area contributed by atoms with Crippen molar-refractivity contribution in [2.45, 2.75) is 0 Å². The molecule has 0 radical (unpaired) electrons. The first-order chi connectivity index (χ1) is 8.08. The summed E-state index contributed by atoms with van der Waals surface area (Å²) in [5, 5.41) is 0.784. The number of nitrogen functional groups attached to an aromatic ring is 1. The van der Waals surface area contributed by atoms with E-state index in [0.717, 1.165) is 4.47 Å². The molecule has 0 fully saturated rings. The lowest BCUT2D eigenvalue weighted by Crippen LogP contribution is -1.93. The zero-order valence-electron chi connectivity index (χ0n) is 8.45. The summed E-state index contributed by atoms with van der Waals surface area (Å²) >= 11 is 15.1.